The summed E-state index contributed by atoms with van der Waals surface area (Å²) in [6.45, 7) is 7.55. The maximum absolute atomic E-state index is 12.6. The minimum Gasteiger partial charge on any atom is -0.378 e. The molecule has 1 saturated carbocycles. The van der Waals surface area contributed by atoms with Crippen LogP contribution in [0.3, 0.4) is 0 Å². The van der Waals surface area contributed by atoms with E-state index >= 15 is 0 Å². The predicted molar refractivity (Wildman–Crippen MR) is 133 cm³/mol. The van der Waals surface area contributed by atoms with Crippen molar-refractivity contribution in [2.24, 2.45) is 10.4 Å². The molecule has 1 aliphatic carbocycles. The SMILES string of the molecule is CCOC1CC(NC(=NC)NCc2ccccc2S(=O)(=O)N(C)C)C1(CC)CC.I. The van der Waals surface area contributed by atoms with Crippen LogP contribution in [-0.4, -0.2) is 58.6 Å². The van der Waals surface area contributed by atoms with Gasteiger partial charge in [0.1, 0.15) is 0 Å². The molecule has 0 aliphatic heterocycles. The van der Waals surface area contributed by atoms with Gasteiger partial charge in [0.15, 0.2) is 5.96 Å². The van der Waals surface area contributed by atoms with Crippen LogP contribution in [-0.2, 0) is 21.3 Å². The van der Waals surface area contributed by atoms with E-state index in [1.807, 2.05) is 19.1 Å². The molecule has 30 heavy (non-hydrogen) atoms. The molecule has 0 saturated heterocycles. The maximum atomic E-state index is 12.6. The average molecular weight is 553 g/mol. The van der Waals surface area contributed by atoms with Crippen molar-refractivity contribution in [1.82, 2.24) is 14.9 Å². The van der Waals surface area contributed by atoms with Crippen LogP contribution in [0.5, 0.6) is 0 Å². The summed E-state index contributed by atoms with van der Waals surface area (Å²) >= 11 is 0. The molecule has 1 aliphatic rings. The van der Waals surface area contributed by atoms with Crippen molar-refractivity contribution in [2.75, 3.05) is 27.7 Å². The van der Waals surface area contributed by atoms with Crippen LogP contribution >= 0.6 is 24.0 Å². The molecule has 2 unspecified atom stereocenters. The number of aliphatic imine (C=N–C) groups is 1. The van der Waals surface area contributed by atoms with Crippen molar-refractivity contribution in [3.05, 3.63) is 29.8 Å². The van der Waals surface area contributed by atoms with Crippen LogP contribution in [0, 0.1) is 5.41 Å². The lowest BCUT2D eigenvalue weighted by Gasteiger charge is -2.55. The monoisotopic (exact) mass is 552 g/mol. The molecule has 9 heteroatoms. The van der Waals surface area contributed by atoms with Crippen molar-refractivity contribution in [3.8, 4) is 0 Å². The first-order chi connectivity index (χ1) is 13.8. The Bertz CT molecular complexity index is 810. The van der Waals surface area contributed by atoms with Gasteiger partial charge in [-0.05, 0) is 37.8 Å². The molecule has 1 aromatic rings. The first-order valence-electron chi connectivity index (χ1n) is 10.4. The van der Waals surface area contributed by atoms with Gasteiger partial charge in [0.05, 0.1) is 11.0 Å². The van der Waals surface area contributed by atoms with E-state index < -0.39 is 10.0 Å². The number of sulfonamides is 1. The number of hydrogen-bond acceptors (Lipinski definition) is 4. The summed E-state index contributed by atoms with van der Waals surface area (Å²) in [7, 11) is 1.31. The van der Waals surface area contributed by atoms with Crippen LogP contribution in [0.1, 0.15) is 45.6 Å². The fourth-order valence-corrected chi connectivity index (χ4v) is 5.34. The van der Waals surface area contributed by atoms with Gasteiger partial charge in [-0.3, -0.25) is 4.99 Å². The summed E-state index contributed by atoms with van der Waals surface area (Å²) in [5.41, 5.74) is 0.807. The molecule has 1 aromatic carbocycles. The van der Waals surface area contributed by atoms with Crippen LogP contribution in [0.25, 0.3) is 0 Å². The number of nitrogens with zero attached hydrogens (tertiary/aromatic N) is 2. The number of guanidine groups is 1. The highest BCUT2D eigenvalue weighted by Gasteiger charge is 2.53. The molecule has 0 bridgehead atoms. The van der Waals surface area contributed by atoms with Gasteiger partial charge in [0, 0.05) is 45.8 Å². The van der Waals surface area contributed by atoms with Gasteiger partial charge < -0.3 is 15.4 Å². The number of benzene rings is 1. The lowest BCUT2D eigenvalue weighted by atomic mass is 9.58. The van der Waals surface area contributed by atoms with E-state index in [0.717, 1.165) is 25.9 Å². The Morgan fingerprint density at radius 2 is 1.87 bits per heavy atom. The van der Waals surface area contributed by atoms with E-state index in [9.17, 15) is 8.42 Å². The Morgan fingerprint density at radius 1 is 1.23 bits per heavy atom. The van der Waals surface area contributed by atoms with Crippen molar-refractivity contribution >= 4 is 40.0 Å². The van der Waals surface area contributed by atoms with E-state index in [0.29, 0.717) is 23.0 Å². The Kier molecular flexibility index (Phi) is 10.5. The zero-order valence-electron chi connectivity index (χ0n) is 18.9. The van der Waals surface area contributed by atoms with E-state index in [1.54, 1.807) is 33.3 Å². The molecule has 2 N–H and O–H groups in total. The fraction of sp³-hybridized carbons (Fsp3) is 0.667. The topological polar surface area (TPSA) is 83.0 Å². The third kappa shape index (κ3) is 5.46. The smallest absolute Gasteiger partial charge is 0.242 e. The molecule has 1 fully saturated rings. The summed E-state index contributed by atoms with van der Waals surface area (Å²) in [5.74, 6) is 0.674. The largest absolute Gasteiger partial charge is 0.378 e. The summed E-state index contributed by atoms with van der Waals surface area (Å²) in [6.07, 6.45) is 3.28. The highest BCUT2D eigenvalue weighted by molar-refractivity contribution is 14.0. The molecule has 7 nitrogen and oxygen atoms in total. The first kappa shape index (κ1) is 27.1. The highest BCUT2D eigenvalue weighted by Crippen LogP contribution is 2.48. The zero-order valence-corrected chi connectivity index (χ0v) is 22.1. The fourth-order valence-electron chi connectivity index (χ4n) is 4.22. The zero-order chi connectivity index (χ0) is 21.7. The van der Waals surface area contributed by atoms with Crippen LogP contribution < -0.4 is 10.6 Å². The molecular weight excluding hydrogens is 515 g/mol. The molecule has 0 radical (unpaired) electrons. The van der Waals surface area contributed by atoms with Crippen LogP contribution in [0.2, 0.25) is 0 Å². The molecule has 2 atom stereocenters. The molecule has 0 heterocycles. The minimum atomic E-state index is -3.50. The normalized spacial score (nSPS) is 21.0. The average Bonchev–Trinajstić information content (AvgIpc) is 2.70. The Hall–Kier alpha value is -0.910. The number of hydrogen-bond donors (Lipinski definition) is 2. The number of halogens is 1. The number of nitrogens with one attached hydrogen (secondary N) is 2. The third-order valence-electron chi connectivity index (χ3n) is 6.18. The van der Waals surface area contributed by atoms with Crippen molar-refractivity contribution in [1.29, 1.82) is 0 Å². The molecule has 0 aromatic heterocycles. The molecule has 2 rings (SSSR count). The van der Waals surface area contributed by atoms with Crippen molar-refractivity contribution in [2.45, 2.75) is 63.6 Å². The van der Waals surface area contributed by atoms with Gasteiger partial charge in [-0.15, -0.1) is 24.0 Å². The lowest BCUT2D eigenvalue weighted by Crippen LogP contribution is -2.65. The van der Waals surface area contributed by atoms with Gasteiger partial charge in [-0.25, -0.2) is 12.7 Å². The second-order valence-electron chi connectivity index (χ2n) is 7.64. The van der Waals surface area contributed by atoms with E-state index in [2.05, 4.69) is 29.5 Å². The molecule has 0 spiro atoms. The van der Waals surface area contributed by atoms with Crippen LogP contribution in [0.4, 0.5) is 0 Å². The minimum absolute atomic E-state index is 0. The Morgan fingerprint density at radius 3 is 2.40 bits per heavy atom. The summed E-state index contributed by atoms with van der Waals surface area (Å²) in [6, 6.07) is 7.33. The predicted octanol–water partition coefficient (Wildman–Crippen LogP) is 3.20. The van der Waals surface area contributed by atoms with Crippen LogP contribution in [0.15, 0.2) is 34.2 Å². The summed E-state index contributed by atoms with van der Waals surface area (Å²) < 4.78 is 32.4. The number of ether oxygens (including phenoxy) is 1. The lowest BCUT2D eigenvalue weighted by molar-refractivity contribution is -0.133. The second-order valence-corrected chi connectivity index (χ2v) is 9.76. The van der Waals surface area contributed by atoms with Crippen molar-refractivity contribution in [3.63, 3.8) is 0 Å². The second kappa shape index (κ2) is 11.6. The van der Waals surface area contributed by atoms with Gasteiger partial charge >= 0.3 is 0 Å². The quantitative estimate of drug-likeness (QED) is 0.280. The van der Waals surface area contributed by atoms with E-state index in [1.165, 1.54) is 4.31 Å². The van der Waals surface area contributed by atoms with E-state index in [4.69, 9.17) is 4.74 Å². The van der Waals surface area contributed by atoms with Crippen molar-refractivity contribution < 1.29 is 13.2 Å². The Balaban J connectivity index is 0.00000450. The van der Waals surface area contributed by atoms with Gasteiger partial charge in [-0.1, -0.05) is 32.0 Å². The highest BCUT2D eigenvalue weighted by atomic mass is 127. The molecular formula is C21H37IN4O3S. The molecule has 0 amide bonds. The first-order valence-corrected chi connectivity index (χ1v) is 11.8. The molecule has 172 valence electrons. The maximum Gasteiger partial charge on any atom is 0.242 e. The Labute approximate surface area is 199 Å². The van der Waals surface area contributed by atoms with Gasteiger partial charge in [0.2, 0.25) is 10.0 Å². The summed E-state index contributed by atoms with van der Waals surface area (Å²) in [4.78, 5) is 4.66. The van der Waals surface area contributed by atoms with Gasteiger partial charge in [0.25, 0.3) is 0 Å². The third-order valence-corrected chi connectivity index (χ3v) is 8.10. The van der Waals surface area contributed by atoms with E-state index in [-0.39, 0.29) is 41.5 Å². The van der Waals surface area contributed by atoms with Gasteiger partial charge in [-0.2, -0.15) is 0 Å². The number of rotatable bonds is 9. The summed E-state index contributed by atoms with van der Waals surface area (Å²) in [5, 5.41) is 6.82. The standard InChI is InChI=1S/C21H36N4O3S.HI/c1-7-21(8-2)18(14-19(21)28-9-3)24-20(22-4)23-15-16-12-10-11-13-17(16)29(26,27)25(5)6;/h10-13,18-19H,7-9,14-15H2,1-6H3,(H2,22,23,24);1H.